The van der Waals surface area contributed by atoms with Gasteiger partial charge in [-0.05, 0) is 213 Å². The molecule has 0 unspecified atom stereocenters. The molecule has 6 fully saturated rings. The molecule has 5 saturated carbocycles. The van der Waals surface area contributed by atoms with Gasteiger partial charge >= 0.3 is 0 Å². The molecule has 4 aliphatic heterocycles. The molecule has 88 heavy (non-hydrogen) atoms. The Morgan fingerprint density at radius 3 is 2.67 bits per heavy atom. The number of allylic oxidation sites excluding steroid dienone is 2. The van der Waals surface area contributed by atoms with Crippen LogP contribution in [-0.2, 0) is 45.4 Å². The van der Waals surface area contributed by atoms with Crippen molar-refractivity contribution in [3.05, 3.63) is 110 Å². The third-order valence-corrected chi connectivity index (χ3v) is 25.1. The number of ether oxygens (including phenoxy) is 5. The number of ketones is 1. The smallest absolute Gasteiger partial charge is 0.254 e. The maximum atomic E-state index is 15.6. The summed E-state index contributed by atoms with van der Waals surface area (Å²) in [6.45, 7) is -1.14. The van der Waals surface area contributed by atoms with Crippen LogP contribution in [0, 0.1) is 40.6 Å². The first-order valence-corrected chi connectivity index (χ1v) is 33.0. The van der Waals surface area contributed by atoms with E-state index in [1.54, 1.807) is 24.1 Å². The normalized spacial score (nSPS) is 36.8. The lowest BCUT2D eigenvalue weighted by Gasteiger charge is -2.58. The van der Waals surface area contributed by atoms with Crippen LogP contribution in [0.4, 0.5) is 0 Å². The number of aliphatic hydroxyl groups excluding tert-OH is 3. The van der Waals surface area contributed by atoms with Crippen molar-refractivity contribution in [3.63, 3.8) is 0 Å². The molecule has 0 radical (unpaired) electrons. The number of aryl methyl sites for hydroxylation is 2. The minimum atomic E-state index is -2.49. The minimum Gasteiger partial charge on any atom is -0.506 e. The number of nitrogens with zero attached hydrogens (tertiary/aromatic N) is 1. The van der Waals surface area contributed by atoms with Gasteiger partial charge in [0, 0.05) is 64.2 Å². The Hall–Kier alpha value is -6.22. The predicted molar refractivity (Wildman–Crippen MR) is 328 cm³/mol. The molecule has 4 aromatic carbocycles. The fourth-order valence-corrected chi connectivity index (χ4v) is 21.1. The summed E-state index contributed by atoms with van der Waals surface area (Å²) in [5.41, 5.74) is 7.31. The van der Waals surface area contributed by atoms with Gasteiger partial charge in [-0.1, -0.05) is 43.0 Å². The van der Waals surface area contributed by atoms with Crippen LogP contribution in [0.2, 0.25) is 0 Å². The van der Waals surface area contributed by atoms with E-state index in [2.05, 4.69) is 35.2 Å². The SMILES string of the molecule is COc1c2c3c4c(O)c(c5c6c4c1CCC6=C[C@@H]1CCC[C@H]51)C(=O)CN1Cc4c(cccc4C1=O)CC#CO[C@H]1[C@H](O)[C@@H](CO[C@@H](c4c[nH]c5cc6c(cc45)[C@]4(CC6)C[C@@]5(O)CCC[C@@H]5C[C@@]45CC[C@@]4(CC[C@@H](CCCO)C4)C5)/C=C/2)O[C@H](O3)[C@@]1(O)CO. The van der Waals surface area contributed by atoms with E-state index in [9.17, 15) is 35.4 Å². The lowest BCUT2D eigenvalue weighted by Crippen LogP contribution is -2.70. The molecule has 460 valence electrons. The number of hydrogen-bond donors (Lipinski definition) is 7. The number of carbonyl (C=O) groups is 2. The van der Waals surface area contributed by atoms with Gasteiger partial charge in [-0.25, -0.2) is 0 Å². The van der Waals surface area contributed by atoms with Crippen LogP contribution in [0.5, 0.6) is 17.2 Å². The molecule has 5 heterocycles. The molecule has 1 aromatic heterocycles. The Morgan fingerprint density at radius 1 is 0.909 bits per heavy atom. The fraction of sp³-hybridized carbons (Fsp3) is 0.562. The van der Waals surface area contributed by atoms with Gasteiger partial charge in [0.25, 0.3) is 5.91 Å². The minimum absolute atomic E-state index is 0.0182. The molecule has 1 saturated heterocycles. The van der Waals surface area contributed by atoms with Crippen molar-refractivity contribution < 1.29 is 63.9 Å². The van der Waals surface area contributed by atoms with E-state index in [1.807, 2.05) is 24.4 Å². The van der Waals surface area contributed by atoms with E-state index in [1.165, 1.54) is 43.2 Å². The highest BCUT2D eigenvalue weighted by Gasteiger charge is 2.68. The summed E-state index contributed by atoms with van der Waals surface area (Å²) in [6, 6.07) is 10.2. The molecular weight excluding hydrogens is 1110 g/mol. The Morgan fingerprint density at radius 2 is 1.81 bits per heavy atom. The van der Waals surface area contributed by atoms with Crippen LogP contribution in [0.1, 0.15) is 198 Å². The van der Waals surface area contributed by atoms with E-state index in [0.29, 0.717) is 46.9 Å². The van der Waals surface area contributed by atoms with Gasteiger partial charge in [0.05, 0.1) is 49.0 Å². The van der Waals surface area contributed by atoms with Gasteiger partial charge in [-0.15, -0.1) is 0 Å². The highest BCUT2D eigenvalue weighted by Crippen LogP contribution is 2.74. The largest absolute Gasteiger partial charge is 0.506 e. The van der Waals surface area contributed by atoms with Gasteiger partial charge in [-0.3, -0.25) is 9.59 Å². The summed E-state index contributed by atoms with van der Waals surface area (Å²) < 4.78 is 33.8. The maximum absolute atomic E-state index is 15.6. The first-order chi connectivity index (χ1) is 42.7. The van der Waals surface area contributed by atoms with Crippen LogP contribution in [0.15, 0.2) is 48.7 Å². The fourth-order valence-electron chi connectivity index (χ4n) is 21.1. The van der Waals surface area contributed by atoms with Gasteiger partial charge in [0.1, 0.15) is 41.7 Å². The Kier molecular flexibility index (Phi) is 12.8. The standard InChI is InChI=1S/C73H80N2O13/c1-84-64-47-15-14-43-27-41-9-3-12-45(41)58-57(43)59(47)61-63(80)60(58)54(78)34-75-33-51-40(8-2-13-46(51)67(75)81)10-6-26-85-66-62(79)56-35-86-55(17-16-48(64)65(61)88-68(87-56)73(66,83)38-77)50-32-74-53-28-42-19-22-71(52(42)29-49(50)53)37-72(82)20-4-11-44(72)31-70(71)24-23-69(36-70)21-18-39(30-69)7-5-25-76/h2,8,13,16-17,27-29,32,39,41,44-45,55-56,62,66,68,74,76-77,79-80,82-83H,3-5,7,9-12,14-15,18-25,30-31,33-38H2,1H3/b17-16+/t39-,41+,44-,45+,55-,56-,62-,66+,68-,69-,70-,71+,72+,73-/m1/s1. The molecule has 3 spiro atoms. The van der Waals surface area contributed by atoms with Crippen molar-refractivity contribution in [2.75, 3.05) is 33.5 Å². The number of Topliss-reactive ketones (excluding diaryl/α,β-unsaturated/α-hetero) is 1. The van der Waals surface area contributed by atoms with Gasteiger partial charge in [0.2, 0.25) is 6.29 Å². The Labute approximate surface area is 512 Å². The lowest BCUT2D eigenvalue weighted by atomic mass is 9.47. The van der Waals surface area contributed by atoms with Crippen molar-refractivity contribution in [1.29, 1.82) is 0 Å². The van der Waals surface area contributed by atoms with Crippen LogP contribution in [0.3, 0.4) is 0 Å². The van der Waals surface area contributed by atoms with Crippen molar-refractivity contribution in [1.82, 2.24) is 9.88 Å². The van der Waals surface area contributed by atoms with Crippen LogP contribution in [0.25, 0.3) is 33.3 Å². The van der Waals surface area contributed by atoms with Crippen molar-refractivity contribution >= 4 is 45.0 Å². The molecule has 8 bridgehead atoms. The molecule has 14 atom stereocenters. The summed E-state index contributed by atoms with van der Waals surface area (Å²) in [5.74, 6) is 3.53. The number of H-pyrrole nitrogens is 1. The van der Waals surface area contributed by atoms with Crippen molar-refractivity contribution in [3.8, 4) is 29.3 Å². The average molecular weight is 1190 g/mol. The average Bonchev–Trinajstić information content (AvgIpc) is 1.35. The summed E-state index contributed by atoms with van der Waals surface area (Å²) in [5, 5.41) is 75.1. The molecule has 8 aliphatic carbocycles. The number of hydrogen-bond acceptors (Lipinski definition) is 13. The number of carbonyl (C=O) groups excluding carboxylic acids is 2. The van der Waals surface area contributed by atoms with Crippen molar-refractivity contribution in [2.24, 2.45) is 28.6 Å². The molecule has 5 aromatic rings. The van der Waals surface area contributed by atoms with Gasteiger partial charge in [-0.2, -0.15) is 0 Å². The maximum Gasteiger partial charge on any atom is 0.254 e. The number of aromatic amines is 1. The number of amides is 1. The number of phenols is 1. The molecule has 15 heteroatoms. The Bertz CT molecular complexity index is 3950. The number of aromatic hydroxyl groups is 1. The Balaban J connectivity index is 0.856. The second kappa shape index (κ2) is 20.1. The number of benzene rings is 4. The monoisotopic (exact) mass is 1190 g/mol. The number of phenolic OH excluding ortho intramolecular Hbond substituents is 1. The highest BCUT2D eigenvalue weighted by atomic mass is 16.7. The molecule has 7 N–H and O–H groups in total. The lowest BCUT2D eigenvalue weighted by molar-refractivity contribution is -0.328. The number of methoxy groups -OCH3 is 1. The van der Waals surface area contributed by atoms with E-state index >= 15 is 4.79 Å². The van der Waals surface area contributed by atoms with Gasteiger partial charge < -0.3 is 64.2 Å². The van der Waals surface area contributed by atoms with E-state index < -0.39 is 54.3 Å². The topological polar surface area (TPSA) is 221 Å². The molecule has 12 aliphatic rings. The molecular formula is C73H80N2O13. The summed E-state index contributed by atoms with van der Waals surface area (Å²) in [6.07, 6.45) is 23.7. The zero-order valence-corrected chi connectivity index (χ0v) is 50.3. The van der Waals surface area contributed by atoms with Crippen molar-refractivity contribution in [2.45, 2.75) is 195 Å². The first-order valence-electron chi connectivity index (χ1n) is 33.0. The summed E-state index contributed by atoms with van der Waals surface area (Å²) in [4.78, 5) is 35.2. The molecule has 17 rings (SSSR count). The van der Waals surface area contributed by atoms with E-state index in [-0.39, 0.29) is 89.2 Å². The van der Waals surface area contributed by atoms with Crippen LogP contribution in [-0.4, -0.2) is 121 Å². The van der Waals surface area contributed by atoms with Gasteiger partial charge in [0.15, 0.2) is 17.5 Å². The number of aromatic nitrogens is 1. The quantitative estimate of drug-likeness (QED) is 0.0788. The zero-order chi connectivity index (χ0) is 59.8. The summed E-state index contributed by atoms with van der Waals surface area (Å²) >= 11 is 0. The van der Waals surface area contributed by atoms with E-state index in [0.717, 1.165) is 133 Å². The molecule has 15 nitrogen and oxygen atoms in total. The molecule has 1 amide bonds. The third-order valence-electron chi connectivity index (χ3n) is 25.1. The third kappa shape index (κ3) is 7.87. The second-order valence-electron chi connectivity index (χ2n) is 29.2. The second-order valence-corrected chi connectivity index (χ2v) is 29.2. The zero-order valence-electron chi connectivity index (χ0n) is 50.3. The number of nitrogens with one attached hydrogen (secondary N) is 1. The number of rotatable bonds is 6. The number of aliphatic hydroxyl groups is 5. The van der Waals surface area contributed by atoms with Crippen LogP contribution >= 0.6 is 0 Å². The van der Waals surface area contributed by atoms with E-state index in [4.69, 9.17) is 23.7 Å². The highest BCUT2D eigenvalue weighted by molar-refractivity contribution is 6.17. The number of fused-ring (bicyclic) bond motifs is 12. The summed E-state index contributed by atoms with van der Waals surface area (Å²) in [7, 11) is 1.61. The predicted octanol–water partition coefficient (Wildman–Crippen LogP) is 10.2. The van der Waals surface area contributed by atoms with Crippen LogP contribution < -0.4 is 9.47 Å². The first kappa shape index (κ1) is 55.8.